The molecule has 0 aliphatic carbocycles. The van der Waals surface area contributed by atoms with E-state index in [4.69, 9.17) is 11.6 Å². The predicted molar refractivity (Wildman–Crippen MR) is 84.6 cm³/mol. The van der Waals surface area contributed by atoms with Crippen LogP contribution >= 0.6 is 11.6 Å². The number of nitrogens with zero attached hydrogens (tertiary/aromatic N) is 1. The number of rotatable bonds is 4. The second kappa shape index (κ2) is 6.73. The van der Waals surface area contributed by atoms with E-state index in [0.717, 1.165) is 31.5 Å². The fourth-order valence-electron chi connectivity index (χ4n) is 2.89. The Labute approximate surface area is 127 Å². The molecule has 0 aromatic heterocycles. The highest BCUT2D eigenvalue weighted by Crippen LogP contribution is 2.26. The molecule has 0 N–H and O–H groups in total. The summed E-state index contributed by atoms with van der Waals surface area (Å²) in [5.41, 5.74) is 1.78. The standard InChI is InChI=1S/C17H24ClNO/c1-12(2)19-8-6-14(7-9-19)11-17(20)15-5-4-13(3)10-16(15)18/h4-5,10,12,14H,6-9,11H2,1-3H3. The lowest BCUT2D eigenvalue weighted by Gasteiger charge is -2.34. The molecule has 1 aliphatic heterocycles. The largest absolute Gasteiger partial charge is 0.301 e. The topological polar surface area (TPSA) is 20.3 Å². The van der Waals surface area contributed by atoms with Crippen molar-refractivity contribution in [1.82, 2.24) is 4.90 Å². The summed E-state index contributed by atoms with van der Waals surface area (Å²) in [5.74, 6) is 0.702. The number of hydrogen-bond acceptors (Lipinski definition) is 2. The van der Waals surface area contributed by atoms with Gasteiger partial charge in [-0.25, -0.2) is 0 Å². The lowest BCUT2D eigenvalue weighted by molar-refractivity contribution is 0.0912. The van der Waals surface area contributed by atoms with E-state index in [9.17, 15) is 4.79 Å². The Morgan fingerprint density at radius 2 is 2.00 bits per heavy atom. The first-order valence-electron chi connectivity index (χ1n) is 7.50. The number of halogens is 1. The van der Waals surface area contributed by atoms with Gasteiger partial charge < -0.3 is 4.90 Å². The second-order valence-electron chi connectivity index (χ2n) is 6.18. The normalized spacial score (nSPS) is 17.6. The summed E-state index contributed by atoms with van der Waals surface area (Å²) in [7, 11) is 0. The lowest BCUT2D eigenvalue weighted by Crippen LogP contribution is -2.38. The van der Waals surface area contributed by atoms with Crippen molar-refractivity contribution in [2.75, 3.05) is 13.1 Å². The van der Waals surface area contributed by atoms with Gasteiger partial charge in [-0.1, -0.05) is 17.7 Å². The number of carbonyl (C=O) groups excluding carboxylic acids is 1. The molecule has 0 atom stereocenters. The molecule has 2 nitrogen and oxygen atoms in total. The van der Waals surface area contributed by atoms with Gasteiger partial charge >= 0.3 is 0 Å². The number of benzene rings is 1. The molecule has 0 saturated carbocycles. The van der Waals surface area contributed by atoms with Gasteiger partial charge in [0.05, 0.1) is 5.02 Å². The van der Waals surface area contributed by atoms with Crippen molar-refractivity contribution >= 4 is 17.4 Å². The van der Waals surface area contributed by atoms with Crippen molar-refractivity contribution in [2.45, 2.75) is 46.1 Å². The number of carbonyl (C=O) groups is 1. The monoisotopic (exact) mass is 293 g/mol. The van der Waals surface area contributed by atoms with E-state index < -0.39 is 0 Å². The minimum absolute atomic E-state index is 0.193. The first kappa shape index (κ1) is 15.5. The highest BCUT2D eigenvalue weighted by atomic mass is 35.5. The molecule has 110 valence electrons. The summed E-state index contributed by atoms with van der Waals surface area (Å²) in [6, 6.07) is 6.30. The quantitative estimate of drug-likeness (QED) is 0.770. The Hall–Kier alpha value is -0.860. The first-order valence-corrected chi connectivity index (χ1v) is 7.88. The Morgan fingerprint density at radius 1 is 1.35 bits per heavy atom. The van der Waals surface area contributed by atoms with E-state index in [1.165, 1.54) is 0 Å². The maximum absolute atomic E-state index is 12.4. The summed E-state index contributed by atoms with van der Waals surface area (Å²) >= 11 is 6.18. The summed E-state index contributed by atoms with van der Waals surface area (Å²) in [5, 5.41) is 0.592. The molecule has 0 amide bonds. The van der Waals surface area contributed by atoms with Crippen LogP contribution in [0.25, 0.3) is 0 Å². The Bertz CT molecular complexity index is 476. The third-order valence-electron chi connectivity index (χ3n) is 4.28. The van der Waals surface area contributed by atoms with E-state index in [2.05, 4.69) is 18.7 Å². The Balaban J connectivity index is 1.92. The van der Waals surface area contributed by atoms with Crippen LogP contribution in [0.4, 0.5) is 0 Å². The van der Waals surface area contributed by atoms with Gasteiger partial charge in [-0.15, -0.1) is 0 Å². The van der Waals surface area contributed by atoms with Crippen LogP contribution in [0.3, 0.4) is 0 Å². The van der Waals surface area contributed by atoms with Gasteiger partial charge in [0, 0.05) is 18.0 Å². The third kappa shape index (κ3) is 3.83. The summed E-state index contributed by atoms with van der Waals surface area (Å²) in [6.45, 7) is 8.67. The van der Waals surface area contributed by atoms with Crippen LogP contribution in [-0.2, 0) is 0 Å². The SMILES string of the molecule is Cc1ccc(C(=O)CC2CCN(C(C)C)CC2)c(Cl)c1. The molecule has 0 spiro atoms. The molecule has 20 heavy (non-hydrogen) atoms. The van der Waals surface area contributed by atoms with E-state index in [-0.39, 0.29) is 5.78 Å². The maximum atomic E-state index is 12.4. The minimum atomic E-state index is 0.193. The molecular formula is C17H24ClNO. The average Bonchev–Trinajstić information content (AvgIpc) is 2.39. The van der Waals surface area contributed by atoms with Gasteiger partial charge in [0.25, 0.3) is 0 Å². The zero-order valence-electron chi connectivity index (χ0n) is 12.7. The number of aryl methyl sites for hydroxylation is 1. The number of ketones is 1. The number of likely N-dealkylation sites (tertiary alicyclic amines) is 1. The number of piperidine rings is 1. The molecule has 1 fully saturated rings. The summed E-state index contributed by atoms with van der Waals surface area (Å²) in [6.07, 6.45) is 2.87. The first-order chi connectivity index (χ1) is 9.47. The van der Waals surface area contributed by atoms with E-state index >= 15 is 0 Å². The van der Waals surface area contributed by atoms with Crippen molar-refractivity contribution in [1.29, 1.82) is 0 Å². The number of Topliss-reactive ketones (excluding diaryl/α,β-unsaturated/α-hetero) is 1. The zero-order valence-corrected chi connectivity index (χ0v) is 13.4. The molecule has 1 aromatic carbocycles. The van der Waals surface area contributed by atoms with Gasteiger partial charge in [0.15, 0.2) is 5.78 Å². The molecule has 3 heteroatoms. The molecule has 1 aromatic rings. The van der Waals surface area contributed by atoms with Crippen molar-refractivity contribution in [3.8, 4) is 0 Å². The van der Waals surface area contributed by atoms with E-state index in [0.29, 0.717) is 29.0 Å². The molecular weight excluding hydrogens is 270 g/mol. The van der Waals surface area contributed by atoms with Crippen LogP contribution in [-0.4, -0.2) is 29.8 Å². The highest BCUT2D eigenvalue weighted by molar-refractivity contribution is 6.34. The van der Waals surface area contributed by atoms with Crippen molar-refractivity contribution in [2.24, 2.45) is 5.92 Å². The van der Waals surface area contributed by atoms with Gasteiger partial charge in [-0.2, -0.15) is 0 Å². The van der Waals surface area contributed by atoms with Gasteiger partial charge in [0.2, 0.25) is 0 Å². The average molecular weight is 294 g/mol. The van der Waals surface area contributed by atoms with Crippen LogP contribution in [0.2, 0.25) is 5.02 Å². The smallest absolute Gasteiger partial charge is 0.164 e. The third-order valence-corrected chi connectivity index (χ3v) is 4.59. The van der Waals surface area contributed by atoms with Crippen molar-refractivity contribution in [3.63, 3.8) is 0 Å². The Morgan fingerprint density at radius 3 is 2.55 bits per heavy atom. The molecule has 0 bridgehead atoms. The maximum Gasteiger partial charge on any atom is 0.164 e. The van der Waals surface area contributed by atoms with Crippen LogP contribution in [0.5, 0.6) is 0 Å². The molecule has 2 rings (SSSR count). The molecule has 1 heterocycles. The number of hydrogen-bond donors (Lipinski definition) is 0. The van der Waals surface area contributed by atoms with E-state index in [1.807, 2.05) is 25.1 Å². The summed E-state index contributed by atoms with van der Waals surface area (Å²) in [4.78, 5) is 14.8. The van der Waals surface area contributed by atoms with Crippen LogP contribution in [0, 0.1) is 12.8 Å². The fourth-order valence-corrected chi connectivity index (χ4v) is 3.23. The summed E-state index contributed by atoms with van der Waals surface area (Å²) < 4.78 is 0. The minimum Gasteiger partial charge on any atom is -0.301 e. The highest BCUT2D eigenvalue weighted by Gasteiger charge is 2.23. The molecule has 1 saturated heterocycles. The van der Waals surface area contributed by atoms with Crippen molar-refractivity contribution in [3.05, 3.63) is 34.3 Å². The predicted octanol–water partition coefficient (Wildman–Crippen LogP) is 4.34. The molecule has 1 aliphatic rings. The van der Waals surface area contributed by atoms with Gasteiger partial charge in [-0.3, -0.25) is 4.79 Å². The van der Waals surface area contributed by atoms with Gasteiger partial charge in [0.1, 0.15) is 0 Å². The van der Waals surface area contributed by atoms with Gasteiger partial charge in [-0.05, 0) is 70.3 Å². The molecule has 0 unspecified atom stereocenters. The van der Waals surface area contributed by atoms with Crippen LogP contribution < -0.4 is 0 Å². The second-order valence-corrected chi connectivity index (χ2v) is 6.59. The van der Waals surface area contributed by atoms with Crippen LogP contribution in [0.15, 0.2) is 18.2 Å². The lowest BCUT2D eigenvalue weighted by atomic mass is 9.89. The zero-order chi connectivity index (χ0) is 14.7. The van der Waals surface area contributed by atoms with Crippen molar-refractivity contribution < 1.29 is 4.79 Å². The molecule has 0 radical (unpaired) electrons. The fraction of sp³-hybridized carbons (Fsp3) is 0.588. The Kier molecular flexibility index (Phi) is 5.22. The van der Waals surface area contributed by atoms with Crippen LogP contribution in [0.1, 0.15) is 49.0 Å². The van der Waals surface area contributed by atoms with E-state index in [1.54, 1.807) is 0 Å².